The second kappa shape index (κ2) is 10.1. The molecule has 2 aromatic rings. The number of nitrogens with one attached hydrogen (secondary N) is 2. The Bertz CT molecular complexity index is 1270. The third kappa shape index (κ3) is 4.80. The lowest BCUT2D eigenvalue weighted by atomic mass is 9.84. The first-order chi connectivity index (χ1) is 16.8. The van der Waals surface area contributed by atoms with Gasteiger partial charge in [-0.15, -0.1) is 0 Å². The average molecular weight is 474 g/mol. The summed E-state index contributed by atoms with van der Waals surface area (Å²) in [7, 11) is 3.02. The van der Waals surface area contributed by atoms with Gasteiger partial charge >= 0.3 is 0 Å². The number of amides is 1. The predicted octanol–water partition coefficient (Wildman–Crippen LogP) is 5.06. The number of benzene rings is 1. The van der Waals surface area contributed by atoms with Crippen molar-refractivity contribution in [2.24, 2.45) is 5.92 Å². The number of rotatable bonds is 7. The van der Waals surface area contributed by atoms with Crippen LogP contribution in [0.4, 0.5) is 4.39 Å². The van der Waals surface area contributed by atoms with Crippen molar-refractivity contribution in [1.29, 1.82) is 5.41 Å². The standard InChI is InChI=1S/C28H28FN3O3/c1-16-22(11-18-12-24(34-3)27(30)25(13-18)35-4)21-9-8-19(29)14-23(21)26(16)17(2)28(33)32-15-20-7-5-6-10-31-20/h5-14,17,26,30H,15H2,1-4H3,(H,32,33). The molecule has 2 aliphatic rings. The molecule has 1 aromatic heterocycles. The highest BCUT2D eigenvalue weighted by Crippen LogP contribution is 2.47. The van der Waals surface area contributed by atoms with Gasteiger partial charge in [0.25, 0.3) is 0 Å². The molecule has 2 unspecified atom stereocenters. The van der Waals surface area contributed by atoms with Crippen molar-refractivity contribution in [3.63, 3.8) is 0 Å². The molecule has 6 nitrogen and oxygen atoms in total. The molecular formula is C28H28FN3O3. The molecule has 1 amide bonds. The normalized spacial score (nSPS) is 17.9. The molecule has 2 atom stereocenters. The fourth-order valence-electron chi connectivity index (χ4n) is 4.66. The SMILES string of the molecule is COC1=CC(=CC2=C(C)C(C(C)C(=O)NCc3ccccn3)c3cc(F)ccc32)C=C(OC)C1=N. The van der Waals surface area contributed by atoms with Gasteiger partial charge < -0.3 is 14.8 Å². The van der Waals surface area contributed by atoms with Gasteiger partial charge in [0, 0.05) is 18.0 Å². The van der Waals surface area contributed by atoms with Gasteiger partial charge in [-0.05, 0) is 71.7 Å². The van der Waals surface area contributed by atoms with Gasteiger partial charge in [-0.1, -0.05) is 24.6 Å². The lowest BCUT2D eigenvalue weighted by Gasteiger charge is -2.22. The molecule has 1 heterocycles. The Hall–Kier alpha value is -4.00. The van der Waals surface area contributed by atoms with Gasteiger partial charge in [-0.25, -0.2) is 4.39 Å². The van der Waals surface area contributed by atoms with Crippen molar-refractivity contribution >= 4 is 17.2 Å². The summed E-state index contributed by atoms with van der Waals surface area (Å²) in [5.41, 5.74) is 5.27. The van der Waals surface area contributed by atoms with E-state index in [1.54, 1.807) is 24.4 Å². The van der Waals surface area contributed by atoms with E-state index in [9.17, 15) is 9.18 Å². The van der Waals surface area contributed by atoms with E-state index in [0.29, 0.717) is 18.1 Å². The Morgan fingerprint density at radius 1 is 1.20 bits per heavy atom. The van der Waals surface area contributed by atoms with Gasteiger partial charge in [0.05, 0.1) is 26.5 Å². The molecule has 0 bridgehead atoms. The van der Waals surface area contributed by atoms with Crippen LogP contribution in [0.3, 0.4) is 0 Å². The highest BCUT2D eigenvalue weighted by Gasteiger charge is 2.35. The van der Waals surface area contributed by atoms with Crippen LogP contribution in [0.1, 0.15) is 36.6 Å². The number of allylic oxidation sites excluding steroid dienone is 6. The fraction of sp³-hybridized carbons (Fsp3) is 0.250. The number of pyridine rings is 1. The maximum absolute atomic E-state index is 14.3. The zero-order chi connectivity index (χ0) is 25.1. The molecular weight excluding hydrogens is 445 g/mol. The molecule has 180 valence electrons. The van der Waals surface area contributed by atoms with Crippen LogP contribution in [0.25, 0.3) is 5.57 Å². The summed E-state index contributed by atoms with van der Waals surface area (Å²) in [6.45, 7) is 4.16. The first-order valence-electron chi connectivity index (χ1n) is 11.3. The lowest BCUT2D eigenvalue weighted by Crippen LogP contribution is -2.32. The molecule has 4 rings (SSSR count). The molecule has 0 saturated carbocycles. The summed E-state index contributed by atoms with van der Waals surface area (Å²) in [5.74, 6) is -0.390. The first kappa shape index (κ1) is 24.1. The molecule has 1 aromatic carbocycles. The largest absolute Gasteiger partial charge is 0.494 e. The minimum Gasteiger partial charge on any atom is -0.494 e. The lowest BCUT2D eigenvalue weighted by molar-refractivity contribution is -0.125. The van der Waals surface area contributed by atoms with E-state index in [2.05, 4.69) is 10.3 Å². The number of aromatic nitrogens is 1. The van der Waals surface area contributed by atoms with E-state index in [1.165, 1.54) is 26.4 Å². The zero-order valence-corrected chi connectivity index (χ0v) is 20.2. The number of hydrogen-bond acceptors (Lipinski definition) is 5. The average Bonchev–Trinajstić information content (AvgIpc) is 3.13. The van der Waals surface area contributed by atoms with E-state index in [0.717, 1.165) is 33.5 Å². The van der Waals surface area contributed by atoms with Gasteiger partial charge in [-0.2, -0.15) is 0 Å². The Morgan fingerprint density at radius 2 is 1.91 bits per heavy atom. The Balaban J connectivity index is 1.69. The number of ether oxygens (including phenoxy) is 2. The quantitative estimate of drug-likeness (QED) is 0.589. The number of hydrogen-bond donors (Lipinski definition) is 2. The van der Waals surface area contributed by atoms with Crippen molar-refractivity contribution in [1.82, 2.24) is 10.3 Å². The van der Waals surface area contributed by atoms with Gasteiger partial charge in [0.1, 0.15) is 23.0 Å². The zero-order valence-electron chi connectivity index (χ0n) is 20.2. The summed E-state index contributed by atoms with van der Waals surface area (Å²) in [6.07, 6.45) is 7.19. The van der Waals surface area contributed by atoms with Crippen LogP contribution in [0, 0.1) is 17.1 Å². The van der Waals surface area contributed by atoms with E-state index in [-0.39, 0.29) is 23.4 Å². The highest BCUT2D eigenvalue weighted by molar-refractivity contribution is 6.09. The van der Waals surface area contributed by atoms with E-state index in [4.69, 9.17) is 14.9 Å². The number of fused-ring (bicyclic) bond motifs is 1. The van der Waals surface area contributed by atoms with Crippen LogP contribution in [0.2, 0.25) is 0 Å². The van der Waals surface area contributed by atoms with Crippen molar-refractivity contribution in [3.8, 4) is 0 Å². The molecule has 0 fully saturated rings. The van der Waals surface area contributed by atoms with Gasteiger partial charge in [0.15, 0.2) is 0 Å². The second-order valence-electron chi connectivity index (χ2n) is 8.58. The van der Waals surface area contributed by atoms with E-state index >= 15 is 0 Å². The molecule has 0 radical (unpaired) electrons. The summed E-state index contributed by atoms with van der Waals surface area (Å²) in [4.78, 5) is 17.3. The third-order valence-electron chi connectivity index (χ3n) is 6.45. The predicted molar refractivity (Wildman–Crippen MR) is 133 cm³/mol. The molecule has 7 heteroatoms. The van der Waals surface area contributed by atoms with E-state index < -0.39 is 5.92 Å². The topological polar surface area (TPSA) is 84.3 Å². The number of nitrogens with zero attached hydrogens (tertiary/aromatic N) is 1. The Morgan fingerprint density at radius 3 is 2.54 bits per heavy atom. The minimum atomic E-state index is -0.426. The fourth-order valence-corrected chi connectivity index (χ4v) is 4.66. The first-order valence-corrected chi connectivity index (χ1v) is 11.3. The van der Waals surface area contributed by atoms with Crippen LogP contribution < -0.4 is 5.32 Å². The second-order valence-corrected chi connectivity index (χ2v) is 8.58. The van der Waals surface area contributed by atoms with Crippen molar-refractivity contribution < 1.29 is 18.7 Å². The summed E-state index contributed by atoms with van der Waals surface area (Å²) in [5, 5.41) is 11.1. The van der Waals surface area contributed by atoms with Crippen LogP contribution in [-0.4, -0.2) is 30.8 Å². The highest BCUT2D eigenvalue weighted by atomic mass is 19.1. The molecule has 0 aliphatic heterocycles. The van der Waals surface area contributed by atoms with Gasteiger partial charge in [0.2, 0.25) is 5.91 Å². The van der Waals surface area contributed by atoms with Crippen molar-refractivity contribution in [2.75, 3.05) is 14.2 Å². The smallest absolute Gasteiger partial charge is 0.224 e. The summed E-state index contributed by atoms with van der Waals surface area (Å²) >= 11 is 0. The molecule has 0 saturated heterocycles. The van der Waals surface area contributed by atoms with E-state index in [1.807, 2.05) is 38.1 Å². The van der Waals surface area contributed by atoms with Crippen molar-refractivity contribution in [2.45, 2.75) is 26.3 Å². The maximum atomic E-state index is 14.3. The summed E-state index contributed by atoms with van der Waals surface area (Å²) in [6, 6.07) is 10.3. The van der Waals surface area contributed by atoms with Crippen LogP contribution >= 0.6 is 0 Å². The maximum Gasteiger partial charge on any atom is 0.224 e. The molecule has 2 aliphatic carbocycles. The van der Waals surface area contributed by atoms with Crippen LogP contribution in [0.5, 0.6) is 0 Å². The number of halogens is 1. The molecule has 0 spiro atoms. The number of carbonyl (C=O) groups is 1. The Kier molecular flexibility index (Phi) is 6.96. The number of carbonyl (C=O) groups excluding carboxylic acids is 1. The van der Waals surface area contributed by atoms with Crippen LogP contribution in [0.15, 0.2) is 83.5 Å². The monoisotopic (exact) mass is 473 g/mol. The number of methoxy groups -OCH3 is 2. The minimum absolute atomic E-state index is 0.127. The van der Waals surface area contributed by atoms with Crippen molar-refractivity contribution in [3.05, 3.63) is 106 Å². The van der Waals surface area contributed by atoms with Crippen LogP contribution in [-0.2, 0) is 20.8 Å². The summed E-state index contributed by atoms with van der Waals surface area (Å²) < 4.78 is 25.0. The molecule has 35 heavy (non-hydrogen) atoms. The Labute approximate surface area is 204 Å². The van der Waals surface area contributed by atoms with Gasteiger partial charge in [-0.3, -0.25) is 15.2 Å². The molecule has 2 N–H and O–H groups in total. The third-order valence-corrected chi connectivity index (χ3v) is 6.45.